The number of rotatable bonds is 84. The average Bonchev–Trinajstić information content (AvgIpc) is 0.915. The molecule has 624 valence electrons. The van der Waals surface area contributed by atoms with Crippen LogP contribution in [0.4, 0.5) is 0 Å². The van der Waals surface area contributed by atoms with Crippen LogP contribution in [0.2, 0.25) is 0 Å². The number of carbonyl (C=O) groups is 4. The monoisotopic (exact) mass is 1540 g/mol. The van der Waals surface area contributed by atoms with Gasteiger partial charge in [-0.25, -0.2) is 9.13 Å². The second-order valence-corrected chi connectivity index (χ2v) is 35.3. The molecule has 105 heavy (non-hydrogen) atoms. The van der Waals surface area contributed by atoms with Crippen LogP contribution in [0.25, 0.3) is 0 Å². The largest absolute Gasteiger partial charge is 0.472 e. The van der Waals surface area contributed by atoms with Crippen molar-refractivity contribution >= 4 is 39.5 Å². The third kappa shape index (κ3) is 79.9. The second-order valence-electron chi connectivity index (χ2n) is 32.4. The van der Waals surface area contributed by atoms with Crippen molar-refractivity contribution in [2.45, 2.75) is 471 Å². The molecule has 0 aliphatic carbocycles. The van der Waals surface area contributed by atoms with Crippen LogP contribution in [-0.4, -0.2) is 96.7 Å². The van der Waals surface area contributed by atoms with Crippen LogP contribution in [0.3, 0.4) is 0 Å². The van der Waals surface area contributed by atoms with Crippen molar-refractivity contribution in [1.29, 1.82) is 0 Å². The molecule has 0 saturated heterocycles. The van der Waals surface area contributed by atoms with E-state index < -0.39 is 97.5 Å². The molecule has 0 heterocycles. The summed E-state index contributed by atoms with van der Waals surface area (Å²) in [5.74, 6) is 0.217. The normalized spacial score (nSPS) is 13.9. The van der Waals surface area contributed by atoms with Gasteiger partial charge in [-0.15, -0.1) is 0 Å². The number of esters is 4. The van der Waals surface area contributed by atoms with E-state index >= 15 is 0 Å². The fourth-order valence-corrected chi connectivity index (χ4v) is 14.9. The lowest BCUT2D eigenvalue weighted by atomic mass is 10.0. The summed E-state index contributed by atoms with van der Waals surface area (Å²) in [5, 5.41) is 10.7. The highest BCUT2D eigenvalue weighted by atomic mass is 31.2. The summed E-state index contributed by atoms with van der Waals surface area (Å²) in [6.45, 7) is 12.0. The highest BCUT2D eigenvalue weighted by Crippen LogP contribution is 2.45. The zero-order valence-corrected chi connectivity index (χ0v) is 71.0. The summed E-state index contributed by atoms with van der Waals surface area (Å²) in [6.07, 6.45) is 66.7. The molecule has 19 heteroatoms. The van der Waals surface area contributed by atoms with Crippen LogP contribution < -0.4 is 0 Å². The number of ether oxygens (including phenoxy) is 4. The molecule has 0 rings (SSSR count). The Bertz CT molecular complexity index is 2030. The van der Waals surface area contributed by atoms with Crippen molar-refractivity contribution in [3.63, 3.8) is 0 Å². The van der Waals surface area contributed by atoms with E-state index in [1.165, 1.54) is 263 Å². The molecule has 5 atom stereocenters. The molecule has 0 radical (unpaired) electrons. The molecule has 0 spiro atoms. The van der Waals surface area contributed by atoms with Gasteiger partial charge in [-0.05, 0) is 43.4 Å². The minimum Gasteiger partial charge on any atom is -0.462 e. The fraction of sp³-hybridized carbons (Fsp3) is 0.953. The summed E-state index contributed by atoms with van der Waals surface area (Å²) < 4.78 is 68.9. The van der Waals surface area contributed by atoms with E-state index in [1.807, 2.05) is 0 Å². The second kappa shape index (κ2) is 76.1. The molecular weight excluding hydrogens is 1370 g/mol. The lowest BCUT2D eigenvalue weighted by Crippen LogP contribution is -2.30. The molecule has 0 aliphatic heterocycles. The van der Waals surface area contributed by atoms with Gasteiger partial charge < -0.3 is 33.8 Å². The van der Waals surface area contributed by atoms with Gasteiger partial charge in [0, 0.05) is 25.7 Å². The van der Waals surface area contributed by atoms with Crippen molar-refractivity contribution in [3.05, 3.63) is 0 Å². The Kier molecular flexibility index (Phi) is 74.7. The van der Waals surface area contributed by atoms with E-state index in [0.717, 1.165) is 108 Å². The molecule has 0 aromatic heterocycles. The van der Waals surface area contributed by atoms with Gasteiger partial charge in [0.25, 0.3) is 0 Å². The fourth-order valence-electron chi connectivity index (χ4n) is 13.4. The Labute approximate surface area is 645 Å². The van der Waals surface area contributed by atoms with Gasteiger partial charge in [0.2, 0.25) is 0 Å². The zero-order chi connectivity index (χ0) is 77.2. The molecule has 0 bridgehead atoms. The van der Waals surface area contributed by atoms with Crippen LogP contribution >= 0.6 is 15.6 Å². The number of carbonyl (C=O) groups excluding carboxylic acids is 4. The average molecular weight is 1540 g/mol. The van der Waals surface area contributed by atoms with Crippen LogP contribution in [0.5, 0.6) is 0 Å². The van der Waals surface area contributed by atoms with Gasteiger partial charge in [0.15, 0.2) is 12.2 Å². The van der Waals surface area contributed by atoms with Crippen molar-refractivity contribution in [2.24, 2.45) is 17.8 Å². The molecular formula is C86H168O17P2. The highest BCUT2D eigenvalue weighted by molar-refractivity contribution is 7.47. The van der Waals surface area contributed by atoms with Crippen molar-refractivity contribution < 1.29 is 80.2 Å². The maximum atomic E-state index is 13.1. The third-order valence-electron chi connectivity index (χ3n) is 20.1. The van der Waals surface area contributed by atoms with Crippen molar-refractivity contribution in [2.75, 3.05) is 39.6 Å². The summed E-state index contributed by atoms with van der Waals surface area (Å²) >= 11 is 0. The van der Waals surface area contributed by atoms with E-state index in [4.69, 9.17) is 37.0 Å². The van der Waals surface area contributed by atoms with Crippen LogP contribution in [0, 0.1) is 17.8 Å². The highest BCUT2D eigenvalue weighted by Gasteiger charge is 2.30. The Morgan fingerprint density at radius 1 is 0.257 bits per heavy atom. The van der Waals surface area contributed by atoms with Crippen LogP contribution in [0.15, 0.2) is 0 Å². The Balaban J connectivity index is 5.25. The van der Waals surface area contributed by atoms with E-state index in [1.54, 1.807) is 0 Å². The first-order valence-electron chi connectivity index (χ1n) is 44.3. The molecule has 0 saturated carbocycles. The maximum Gasteiger partial charge on any atom is 0.472 e. The zero-order valence-electron chi connectivity index (χ0n) is 69.2. The number of phosphoric acid groups is 2. The first kappa shape index (κ1) is 103. The summed E-state index contributed by atoms with van der Waals surface area (Å²) in [4.78, 5) is 73.2. The van der Waals surface area contributed by atoms with Gasteiger partial charge in [0.05, 0.1) is 26.4 Å². The number of hydrogen-bond acceptors (Lipinski definition) is 15. The maximum absolute atomic E-state index is 13.1. The van der Waals surface area contributed by atoms with E-state index in [9.17, 15) is 43.2 Å². The molecule has 0 aromatic carbocycles. The predicted octanol–water partition coefficient (Wildman–Crippen LogP) is 26.1. The van der Waals surface area contributed by atoms with E-state index in [0.29, 0.717) is 25.7 Å². The minimum absolute atomic E-state index is 0.107. The molecule has 3 N–H and O–H groups in total. The smallest absolute Gasteiger partial charge is 0.462 e. The lowest BCUT2D eigenvalue weighted by molar-refractivity contribution is -0.161. The van der Waals surface area contributed by atoms with Gasteiger partial charge >= 0.3 is 39.5 Å². The van der Waals surface area contributed by atoms with Crippen molar-refractivity contribution in [1.82, 2.24) is 0 Å². The predicted molar refractivity (Wildman–Crippen MR) is 432 cm³/mol. The summed E-state index contributed by atoms with van der Waals surface area (Å²) in [7, 11) is -9.93. The Morgan fingerprint density at radius 3 is 0.648 bits per heavy atom. The van der Waals surface area contributed by atoms with Crippen LogP contribution in [0.1, 0.15) is 453 Å². The standard InChI is InChI=1S/C86H168O17P2/c1-8-9-10-11-12-13-14-15-16-17-18-19-23-28-33-38-46-53-60-67-83(88)96-73-81(102-85(90)69-62-55-48-39-34-29-24-21-20-22-26-31-36-43-50-57-64-77(2)3)75-100-104(92,93)98-71-80(87)72-99-105(94,95)101-76-82(74-97-84(89)68-61-54-47-42-41-45-52-59-66-79(6)7)103-86(91)70-63-56-49-40-35-30-25-27-32-37-44-51-58-65-78(4)5/h77-82,87H,8-76H2,1-7H3,(H,92,93)(H,94,95)/t80-,81-,82-/m1/s1. The van der Waals surface area contributed by atoms with Gasteiger partial charge in [-0.1, -0.05) is 402 Å². The SMILES string of the molecule is CCCCCCCCCCCCCCCCCCCCCC(=O)OC[C@H](COP(=O)(O)OC[C@@H](O)COP(=O)(O)OC[C@@H](COC(=O)CCCCCCCCCCC(C)C)OC(=O)CCCCCCCCCCCCCCCC(C)C)OC(=O)CCCCCCCCCCCCCCCCCCC(C)C. The molecule has 0 fully saturated rings. The molecule has 0 aliphatic rings. The number of unbranched alkanes of at least 4 members (excludes halogenated alkanes) is 52. The molecule has 2 unspecified atom stereocenters. The lowest BCUT2D eigenvalue weighted by Gasteiger charge is -2.21. The quantitative estimate of drug-likeness (QED) is 0.0222. The van der Waals surface area contributed by atoms with E-state index in [-0.39, 0.29) is 25.7 Å². The summed E-state index contributed by atoms with van der Waals surface area (Å²) in [5.41, 5.74) is 0. The first-order chi connectivity index (χ1) is 50.7. The van der Waals surface area contributed by atoms with Crippen LogP contribution in [-0.2, 0) is 65.4 Å². The summed E-state index contributed by atoms with van der Waals surface area (Å²) in [6, 6.07) is 0. The van der Waals surface area contributed by atoms with Gasteiger partial charge in [-0.2, -0.15) is 0 Å². The van der Waals surface area contributed by atoms with E-state index in [2.05, 4.69) is 48.5 Å². The van der Waals surface area contributed by atoms with Gasteiger partial charge in [-0.3, -0.25) is 37.3 Å². The van der Waals surface area contributed by atoms with Gasteiger partial charge in [0.1, 0.15) is 19.3 Å². The number of aliphatic hydroxyl groups excluding tert-OH is 1. The number of phosphoric ester groups is 2. The number of aliphatic hydroxyl groups is 1. The molecule has 0 amide bonds. The van der Waals surface area contributed by atoms with Crippen molar-refractivity contribution in [3.8, 4) is 0 Å². The Morgan fingerprint density at radius 2 is 0.438 bits per heavy atom. The molecule has 17 nitrogen and oxygen atoms in total. The Hall–Kier alpha value is -1.94. The first-order valence-corrected chi connectivity index (χ1v) is 47.3. The minimum atomic E-state index is -4.97. The molecule has 0 aromatic rings. The topological polar surface area (TPSA) is 237 Å². The number of hydrogen-bond donors (Lipinski definition) is 3. The third-order valence-corrected chi connectivity index (χ3v) is 22.0.